The highest BCUT2D eigenvalue weighted by Crippen LogP contribution is 2.23. The van der Waals surface area contributed by atoms with Gasteiger partial charge >= 0.3 is 0 Å². The zero-order valence-electron chi connectivity index (χ0n) is 12.8. The molecule has 0 saturated heterocycles. The van der Waals surface area contributed by atoms with Gasteiger partial charge in [-0.05, 0) is 38.3 Å². The molecule has 0 atom stereocenters. The normalized spacial score (nSPS) is 11.2. The fraction of sp³-hybridized carbons (Fsp3) is 0.562. The van der Waals surface area contributed by atoms with E-state index in [-0.39, 0.29) is 17.1 Å². The minimum atomic E-state index is -0.394. The number of halogens is 1. The lowest BCUT2D eigenvalue weighted by Gasteiger charge is -2.32. The molecule has 0 spiro atoms. The Morgan fingerprint density at radius 2 is 1.75 bits per heavy atom. The van der Waals surface area contributed by atoms with Crippen molar-refractivity contribution in [3.8, 4) is 0 Å². The molecule has 4 heteroatoms. The van der Waals surface area contributed by atoms with Gasteiger partial charge in [-0.2, -0.15) is 0 Å². The van der Waals surface area contributed by atoms with Gasteiger partial charge in [0.2, 0.25) is 0 Å². The molecule has 1 rings (SSSR count). The Hall–Kier alpha value is -1.58. The van der Waals surface area contributed by atoms with E-state index in [1.54, 1.807) is 12.1 Å². The van der Waals surface area contributed by atoms with Gasteiger partial charge in [0, 0.05) is 12.1 Å². The molecule has 0 heterocycles. The molecular weight excluding hydrogens is 255 g/mol. The Bertz CT molecular complexity index is 448. The van der Waals surface area contributed by atoms with Gasteiger partial charge in [-0.1, -0.05) is 26.8 Å². The van der Waals surface area contributed by atoms with E-state index in [2.05, 4.69) is 31.4 Å². The number of amides is 1. The number of hydrogen-bond donors (Lipinski definition) is 2. The summed E-state index contributed by atoms with van der Waals surface area (Å²) in [6.45, 7) is 8.63. The van der Waals surface area contributed by atoms with Crippen LogP contribution in [-0.2, 0) is 0 Å². The molecule has 2 N–H and O–H groups in total. The average Bonchev–Trinajstić information content (AvgIpc) is 2.47. The molecule has 0 radical (unpaired) electrons. The van der Waals surface area contributed by atoms with Gasteiger partial charge in [0.1, 0.15) is 5.82 Å². The van der Waals surface area contributed by atoms with Crippen molar-refractivity contribution in [3.05, 3.63) is 29.6 Å². The van der Waals surface area contributed by atoms with Crippen LogP contribution in [0.25, 0.3) is 0 Å². The second-order valence-electron chi connectivity index (χ2n) is 4.99. The van der Waals surface area contributed by atoms with Crippen LogP contribution < -0.4 is 10.6 Å². The van der Waals surface area contributed by atoms with Gasteiger partial charge in [-0.25, -0.2) is 4.39 Å². The van der Waals surface area contributed by atoms with Crippen LogP contribution in [0.4, 0.5) is 10.1 Å². The van der Waals surface area contributed by atoms with E-state index in [9.17, 15) is 9.18 Å². The van der Waals surface area contributed by atoms with Crippen molar-refractivity contribution in [2.24, 2.45) is 0 Å². The number of rotatable bonds is 7. The Morgan fingerprint density at radius 3 is 2.25 bits per heavy atom. The second-order valence-corrected chi connectivity index (χ2v) is 4.99. The first-order chi connectivity index (χ1) is 9.53. The highest BCUT2D eigenvalue weighted by atomic mass is 19.1. The number of carbonyl (C=O) groups excluding carboxylic acids is 1. The van der Waals surface area contributed by atoms with Crippen molar-refractivity contribution in [3.63, 3.8) is 0 Å². The quantitative estimate of drug-likeness (QED) is 0.794. The van der Waals surface area contributed by atoms with Gasteiger partial charge in [0.05, 0.1) is 11.3 Å². The van der Waals surface area contributed by atoms with E-state index in [4.69, 9.17) is 0 Å². The van der Waals surface area contributed by atoms with E-state index in [0.717, 1.165) is 19.3 Å². The van der Waals surface area contributed by atoms with Gasteiger partial charge < -0.3 is 10.6 Å². The van der Waals surface area contributed by atoms with Crippen molar-refractivity contribution >= 4 is 11.6 Å². The van der Waals surface area contributed by atoms with Gasteiger partial charge in [-0.3, -0.25) is 4.79 Å². The fourth-order valence-corrected chi connectivity index (χ4v) is 2.39. The Kier molecular flexibility index (Phi) is 5.99. The van der Waals surface area contributed by atoms with Crippen LogP contribution >= 0.6 is 0 Å². The maximum absolute atomic E-state index is 13.8. The van der Waals surface area contributed by atoms with E-state index in [1.807, 2.05) is 6.92 Å². The Labute approximate surface area is 121 Å². The van der Waals surface area contributed by atoms with E-state index in [0.29, 0.717) is 12.1 Å². The molecule has 0 saturated carbocycles. The molecule has 0 bridgehead atoms. The van der Waals surface area contributed by atoms with Crippen LogP contribution in [0.15, 0.2) is 18.2 Å². The molecule has 0 aliphatic rings. The van der Waals surface area contributed by atoms with Crippen LogP contribution in [0, 0.1) is 5.82 Å². The van der Waals surface area contributed by atoms with Crippen molar-refractivity contribution in [2.45, 2.75) is 52.5 Å². The van der Waals surface area contributed by atoms with Crippen molar-refractivity contribution in [2.75, 3.05) is 11.9 Å². The second kappa shape index (κ2) is 7.27. The summed E-state index contributed by atoms with van der Waals surface area (Å²) in [6, 6.07) is 4.58. The molecule has 0 unspecified atom stereocenters. The molecule has 0 aliphatic carbocycles. The summed E-state index contributed by atoms with van der Waals surface area (Å²) in [4.78, 5) is 12.5. The lowest BCUT2D eigenvalue weighted by molar-refractivity contribution is 0.0888. The summed E-state index contributed by atoms with van der Waals surface area (Å²) in [5.74, 6) is -0.611. The number of anilines is 1. The lowest BCUT2D eigenvalue weighted by atomic mass is 9.89. The standard InChI is InChI=1S/C16H25FN2O/c1-5-16(6-2,7-3)19-15(20)12-10-9-11-13(17)14(12)18-8-4/h9-11,18H,5-8H2,1-4H3,(H,19,20). The molecule has 3 nitrogen and oxygen atoms in total. The Morgan fingerprint density at radius 1 is 1.15 bits per heavy atom. The zero-order valence-corrected chi connectivity index (χ0v) is 12.8. The van der Waals surface area contributed by atoms with Crippen LogP contribution in [0.1, 0.15) is 57.3 Å². The SMILES string of the molecule is CCNc1c(F)cccc1C(=O)NC(CC)(CC)CC. The monoisotopic (exact) mass is 280 g/mol. The summed E-state index contributed by atoms with van der Waals surface area (Å²) in [6.07, 6.45) is 2.58. The molecule has 1 aromatic rings. The molecule has 0 aliphatic heterocycles. The number of para-hydroxylation sites is 1. The van der Waals surface area contributed by atoms with Crippen molar-refractivity contribution in [1.82, 2.24) is 5.32 Å². The number of benzene rings is 1. The summed E-state index contributed by atoms with van der Waals surface area (Å²) in [5, 5.41) is 6.01. The third kappa shape index (κ3) is 3.50. The van der Waals surface area contributed by atoms with E-state index < -0.39 is 5.82 Å². The van der Waals surface area contributed by atoms with Gasteiger partial charge in [0.25, 0.3) is 5.91 Å². The van der Waals surface area contributed by atoms with E-state index in [1.165, 1.54) is 6.07 Å². The lowest BCUT2D eigenvalue weighted by Crippen LogP contribution is -2.47. The highest BCUT2D eigenvalue weighted by Gasteiger charge is 2.27. The minimum Gasteiger partial charge on any atom is -0.382 e. The molecule has 1 aromatic carbocycles. The topological polar surface area (TPSA) is 41.1 Å². The first-order valence-corrected chi connectivity index (χ1v) is 7.38. The number of hydrogen-bond acceptors (Lipinski definition) is 2. The first kappa shape index (κ1) is 16.5. The zero-order chi connectivity index (χ0) is 15.2. The smallest absolute Gasteiger partial charge is 0.253 e. The van der Waals surface area contributed by atoms with Crippen LogP contribution in [-0.4, -0.2) is 18.0 Å². The largest absolute Gasteiger partial charge is 0.382 e. The maximum atomic E-state index is 13.8. The van der Waals surface area contributed by atoms with Crippen molar-refractivity contribution < 1.29 is 9.18 Å². The van der Waals surface area contributed by atoms with Gasteiger partial charge in [0.15, 0.2) is 0 Å². The first-order valence-electron chi connectivity index (χ1n) is 7.38. The van der Waals surface area contributed by atoms with E-state index >= 15 is 0 Å². The summed E-state index contributed by atoms with van der Waals surface area (Å²) in [7, 11) is 0. The van der Waals surface area contributed by atoms with Crippen molar-refractivity contribution in [1.29, 1.82) is 0 Å². The maximum Gasteiger partial charge on any atom is 0.253 e. The highest BCUT2D eigenvalue weighted by molar-refractivity contribution is 6.00. The molecule has 1 amide bonds. The number of carbonyl (C=O) groups is 1. The minimum absolute atomic E-state index is 0.215. The molecule has 112 valence electrons. The molecular formula is C16H25FN2O. The summed E-state index contributed by atoms with van der Waals surface area (Å²) in [5.41, 5.74) is 0.434. The predicted octanol–water partition coefficient (Wildman–Crippen LogP) is 3.96. The number of nitrogens with one attached hydrogen (secondary N) is 2. The third-order valence-electron chi connectivity index (χ3n) is 4.02. The summed E-state index contributed by atoms with van der Waals surface area (Å²) >= 11 is 0. The van der Waals surface area contributed by atoms with Crippen LogP contribution in [0.2, 0.25) is 0 Å². The Balaban J connectivity index is 3.06. The van der Waals surface area contributed by atoms with Crippen LogP contribution in [0.5, 0.6) is 0 Å². The molecule has 20 heavy (non-hydrogen) atoms. The summed E-state index contributed by atoms with van der Waals surface area (Å²) < 4.78 is 13.8. The average molecular weight is 280 g/mol. The molecule has 0 aromatic heterocycles. The van der Waals surface area contributed by atoms with Gasteiger partial charge in [-0.15, -0.1) is 0 Å². The van der Waals surface area contributed by atoms with Crippen LogP contribution in [0.3, 0.4) is 0 Å². The predicted molar refractivity (Wildman–Crippen MR) is 81.6 cm³/mol. The third-order valence-corrected chi connectivity index (χ3v) is 4.02. The fourth-order valence-electron chi connectivity index (χ4n) is 2.39. The molecule has 0 fully saturated rings.